The van der Waals surface area contributed by atoms with Crippen LogP contribution in [0.15, 0.2) is 48.5 Å². The third-order valence-corrected chi connectivity index (χ3v) is 8.15. The number of nitro groups is 1. The molecule has 0 N–H and O–H groups in total. The van der Waals surface area contributed by atoms with Gasteiger partial charge in [0, 0.05) is 29.7 Å². The lowest BCUT2D eigenvalue weighted by Gasteiger charge is -2.40. The summed E-state index contributed by atoms with van der Waals surface area (Å²) in [6.45, 7) is 13.3. The first-order valence-corrected chi connectivity index (χ1v) is 16.0. The number of fused-ring (bicyclic) bond motifs is 3. The fraction of sp³-hybridized carbons (Fsp3) is 0.459. The van der Waals surface area contributed by atoms with Crippen molar-refractivity contribution in [1.29, 1.82) is 0 Å². The van der Waals surface area contributed by atoms with E-state index in [0.29, 0.717) is 12.8 Å². The summed E-state index contributed by atoms with van der Waals surface area (Å²) in [6, 6.07) is 11.5. The minimum atomic E-state index is -0.926. The number of carbonyl (C=O) groups excluding carboxylic acids is 1. The van der Waals surface area contributed by atoms with Crippen molar-refractivity contribution in [2.45, 2.75) is 110 Å². The zero-order chi connectivity index (χ0) is 33.4. The fourth-order valence-electron chi connectivity index (χ4n) is 6.42. The number of ether oxygens (including phenoxy) is 3. The maximum absolute atomic E-state index is 14.2. The van der Waals surface area contributed by atoms with Gasteiger partial charge in [-0.3, -0.25) is 19.9 Å². The molecule has 1 saturated heterocycles. The summed E-state index contributed by atoms with van der Waals surface area (Å²) in [5.74, 6) is -1.58. The van der Waals surface area contributed by atoms with Gasteiger partial charge in [-0.15, -0.1) is 0 Å². The Hall–Kier alpha value is -3.95. The van der Waals surface area contributed by atoms with Crippen LogP contribution in [0.3, 0.4) is 0 Å². The van der Waals surface area contributed by atoms with Crippen LogP contribution in [0, 0.1) is 15.9 Å². The van der Waals surface area contributed by atoms with E-state index >= 15 is 0 Å². The molecule has 0 spiro atoms. The van der Waals surface area contributed by atoms with Crippen molar-refractivity contribution in [3.8, 4) is 22.4 Å². The predicted molar refractivity (Wildman–Crippen MR) is 176 cm³/mol. The lowest BCUT2D eigenvalue weighted by Crippen LogP contribution is -2.45. The second kappa shape index (κ2) is 13.0. The van der Waals surface area contributed by atoms with Gasteiger partial charge >= 0.3 is 5.97 Å². The van der Waals surface area contributed by atoms with E-state index in [0.717, 1.165) is 57.6 Å². The highest BCUT2D eigenvalue weighted by Crippen LogP contribution is 2.43. The quantitative estimate of drug-likeness (QED) is 0.146. The lowest BCUT2D eigenvalue weighted by molar-refractivity contribution is -0.384. The van der Waals surface area contributed by atoms with Gasteiger partial charge in [-0.25, -0.2) is 4.39 Å². The Balaban J connectivity index is 1.63. The number of nitro benzene ring substituents is 1. The standard InChI is InChI=1S/C37H43FN2O6/c1-22(2)34-30(18-17-27-20-28(45-37(6,7)44-27)21-32(41)46-36(3,4)5)33(24-11-14-25(38)15-12-24)29-10-8-9-23-13-16-26(40(42)43)19-31(23)35(29)39-34/h11-19,22,27-28H,8-10,20-21H2,1-7H3/t27-,28-/m1/s1. The molecule has 2 aliphatic rings. The van der Waals surface area contributed by atoms with E-state index in [2.05, 4.69) is 13.8 Å². The molecule has 1 aliphatic carbocycles. The SMILES string of the molecule is CC(C)c1nc2c(c(-c3ccc(F)cc3)c1C=C[C@@H]1C[C@H](CC(=O)OC(C)(C)C)OC(C)(C)O1)CCCc1ccc([N+](=O)[O-])cc1-2. The second-order valence-electron chi connectivity index (χ2n) is 13.9. The van der Waals surface area contributed by atoms with Crippen molar-refractivity contribution in [1.82, 2.24) is 4.98 Å². The molecule has 0 unspecified atom stereocenters. The fourth-order valence-corrected chi connectivity index (χ4v) is 6.42. The first-order valence-electron chi connectivity index (χ1n) is 16.0. The van der Waals surface area contributed by atoms with E-state index in [4.69, 9.17) is 19.2 Å². The Bertz CT molecular complexity index is 1660. The Morgan fingerprint density at radius 3 is 2.52 bits per heavy atom. The summed E-state index contributed by atoms with van der Waals surface area (Å²) in [5.41, 5.74) is 6.42. The Kier molecular flexibility index (Phi) is 9.47. The Labute approximate surface area is 270 Å². The number of pyridine rings is 1. The number of hydrogen-bond acceptors (Lipinski definition) is 7. The molecule has 5 rings (SSSR count). The number of hydrogen-bond donors (Lipinski definition) is 0. The van der Waals surface area contributed by atoms with Crippen molar-refractivity contribution < 1.29 is 28.3 Å². The molecular formula is C37H43FN2O6. The van der Waals surface area contributed by atoms with Gasteiger partial charge in [-0.2, -0.15) is 0 Å². The predicted octanol–water partition coefficient (Wildman–Crippen LogP) is 8.73. The van der Waals surface area contributed by atoms with Crippen LogP contribution in [0.25, 0.3) is 28.5 Å². The molecule has 1 fully saturated rings. The molecule has 244 valence electrons. The summed E-state index contributed by atoms with van der Waals surface area (Å²) in [5, 5.41) is 11.8. The summed E-state index contributed by atoms with van der Waals surface area (Å²) in [7, 11) is 0. The Morgan fingerprint density at radius 1 is 1.15 bits per heavy atom. The average molecular weight is 631 g/mol. The molecule has 1 aromatic heterocycles. The molecule has 46 heavy (non-hydrogen) atoms. The highest BCUT2D eigenvalue weighted by atomic mass is 19.1. The third-order valence-electron chi connectivity index (χ3n) is 8.15. The van der Waals surface area contributed by atoms with Crippen LogP contribution >= 0.6 is 0 Å². The van der Waals surface area contributed by atoms with Gasteiger partial charge in [0.05, 0.1) is 34.9 Å². The van der Waals surface area contributed by atoms with Crippen LogP contribution in [0.5, 0.6) is 0 Å². The number of aryl methyl sites for hydroxylation is 1. The third kappa shape index (κ3) is 7.70. The monoisotopic (exact) mass is 630 g/mol. The van der Waals surface area contributed by atoms with Crippen molar-refractivity contribution in [2.24, 2.45) is 0 Å². The number of benzene rings is 2. The van der Waals surface area contributed by atoms with Crippen LogP contribution in [-0.2, 0) is 31.8 Å². The molecule has 2 heterocycles. The van der Waals surface area contributed by atoms with Crippen molar-refractivity contribution in [2.75, 3.05) is 0 Å². The van der Waals surface area contributed by atoms with E-state index in [-0.39, 0.29) is 40.8 Å². The van der Waals surface area contributed by atoms with Crippen LogP contribution in [0.1, 0.15) is 96.0 Å². The minimum Gasteiger partial charge on any atom is -0.460 e. The van der Waals surface area contributed by atoms with Gasteiger partial charge in [-0.1, -0.05) is 44.2 Å². The lowest BCUT2D eigenvalue weighted by atomic mass is 9.86. The van der Waals surface area contributed by atoms with E-state index < -0.39 is 17.5 Å². The summed E-state index contributed by atoms with van der Waals surface area (Å²) in [6.07, 6.45) is 6.12. The molecule has 1 aliphatic heterocycles. The first-order chi connectivity index (χ1) is 21.6. The number of aromatic nitrogens is 1. The van der Waals surface area contributed by atoms with Crippen LogP contribution in [0.4, 0.5) is 10.1 Å². The summed E-state index contributed by atoms with van der Waals surface area (Å²) < 4.78 is 32.1. The zero-order valence-electron chi connectivity index (χ0n) is 27.7. The summed E-state index contributed by atoms with van der Waals surface area (Å²) >= 11 is 0. The van der Waals surface area contributed by atoms with Gasteiger partial charge in [0.2, 0.25) is 0 Å². The van der Waals surface area contributed by atoms with Gasteiger partial charge in [0.1, 0.15) is 11.4 Å². The highest BCUT2D eigenvalue weighted by molar-refractivity contribution is 5.86. The average Bonchev–Trinajstić information content (AvgIpc) is 3.12. The molecular weight excluding hydrogens is 587 g/mol. The number of rotatable bonds is 7. The first kappa shape index (κ1) is 33.4. The number of esters is 1. The van der Waals surface area contributed by atoms with Gasteiger partial charge in [0.15, 0.2) is 5.79 Å². The zero-order valence-corrected chi connectivity index (χ0v) is 27.7. The molecule has 0 radical (unpaired) electrons. The topological polar surface area (TPSA) is 101 Å². The highest BCUT2D eigenvalue weighted by Gasteiger charge is 2.36. The van der Waals surface area contributed by atoms with Crippen molar-refractivity contribution in [3.05, 3.63) is 86.9 Å². The van der Waals surface area contributed by atoms with Gasteiger partial charge < -0.3 is 14.2 Å². The number of nitrogens with zero attached hydrogens (tertiary/aromatic N) is 2. The van der Waals surface area contributed by atoms with Crippen molar-refractivity contribution >= 4 is 17.7 Å². The molecule has 2 atom stereocenters. The molecule has 0 bridgehead atoms. The molecule has 9 heteroatoms. The van der Waals surface area contributed by atoms with Crippen molar-refractivity contribution in [3.63, 3.8) is 0 Å². The smallest absolute Gasteiger partial charge is 0.308 e. The van der Waals surface area contributed by atoms with Crippen LogP contribution in [-0.4, -0.2) is 39.5 Å². The van der Waals surface area contributed by atoms with Gasteiger partial charge in [-0.05, 0) is 94.2 Å². The normalized spacial score (nSPS) is 19.4. The summed E-state index contributed by atoms with van der Waals surface area (Å²) in [4.78, 5) is 29.2. The maximum atomic E-state index is 14.2. The van der Waals surface area contributed by atoms with Crippen LogP contribution < -0.4 is 0 Å². The van der Waals surface area contributed by atoms with E-state index in [9.17, 15) is 19.3 Å². The second-order valence-corrected chi connectivity index (χ2v) is 13.9. The minimum absolute atomic E-state index is 0.00140. The van der Waals surface area contributed by atoms with E-state index in [1.807, 2.05) is 52.8 Å². The van der Waals surface area contributed by atoms with Crippen LogP contribution in [0.2, 0.25) is 0 Å². The Morgan fingerprint density at radius 2 is 1.87 bits per heavy atom. The molecule has 8 nitrogen and oxygen atoms in total. The number of halogens is 1. The molecule has 2 aromatic carbocycles. The molecule has 0 saturated carbocycles. The largest absolute Gasteiger partial charge is 0.460 e. The number of carbonyl (C=O) groups is 1. The van der Waals surface area contributed by atoms with E-state index in [1.54, 1.807) is 24.3 Å². The molecule has 0 amide bonds. The van der Waals surface area contributed by atoms with E-state index in [1.165, 1.54) is 12.1 Å². The van der Waals surface area contributed by atoms with Gasteiger partial charge in [0.25, 0.3) is 5.69 Å². The molecule has 3 aromatic rings. The number of non-ortho nitro benzene ring substituents is 1. The maximum Gasteiger partial charge on any atom is 0.308 e.